The molecule has 0 aliphatic heterocycles. The van der Waals surface area contributed by atoms with Crippen LogP contribution in [0.3, 0.4) is 0 Å². The maximum absolute atomic E-state index is 3.86. The van der Waals surface area contributed by atoms with Crippen molar-refractivity contribution in [2.45, 2.75) is 76.4 Å². The number of hydrogen-bond acceptors (Lipinski definition) is 1. The third kappa shape index (κ3) is 12.2. The summed E-state index contributed by atoms with van der Waals surface area (Å²) in [4.78, 5) is 0. The summed E-state index contributed by atoms with van der Waals surface area (Å²) in [6, 6.07) is 0. The van der Waals surface area contributed by atoms with Gasteiger partial charge in [0, 0.05) is 6.42 Å². The minimum Gasteiger partial charge on any atom is -0.146 e. The van der Waals surface area contributed by atoms with Crippen LogP contribution in [0.15, 0.2) is 0 Å². The first-order chi connectivity index (χ1) is 8.12. The number of thioether (sulfide) groups is 1. The molecule has 0 fully saturated rings. The van der Waals surface area contributed by atoms with Crippen molar-refractivity contribution in [3.05, 3.63) is 6.92 Å². The highest BCUT2D eigenvalue weighted by molar-refractivity contribution is 8.00. The first-order valence-electron chi connectivity index (χ1n) is 6.97. The topological polar surface area (TPSA) is 0 Å². The van der Waals surface area contributed by atoms with Crippen molar-refractivity contribution in [2.75, 3.05) is 6.26 Å². The van der Waals surface area contributed by atoms with Gasteiger partial charge < -0.3 is 0 Å². The molecule has 0 aromatic carbocycles. The lowest BCUT2D eigenvalue weighted by Gasteiger charge is -2.12. The van der Waals surface area contributed by atoms with Gasteiger partial charge in [0.2, 0.25) is 0 Å². The van der Waals surface area contributed by atoms with Crippen molar-refractivity contribution >= 4 is 11.8 Å². The van der Waals surface area contributed by atoms with E-state index in [9.17, 15) is 0 Å². The Hall–Kier alpha value is -0.0900. The molecule has 0 N–H and O–H groups in total. The fourth-order valence-corrected chi connectivity index (χ4v) is 1.77. The van der Waals surface area contributed by atoms with Gasteiger partial charge in [-0.05, 0) is 26.5 Å². The zero-order valence-electron chi connectivity index (χ0n) is 12.0. The van der Waals surface area contributed by atoms with Gasteiger partial charge in [-0.25, -0.2) is 0 Å². The minimum absolute atomic E-state index is 0.133. The summed E-state index contributed by atoms with van der Waals surface area (Å²) >= 11 is 1.83. The molecule has 17 heavy (non-hydrogen) atoms. The molecule has 0 saturated carbocycles. The lowest BCUT2D eigenvalue weighted by Crippen LogP contribution is -2.09. The van der Waals surface area contributed by atoms with Gasteiger partial charge in [0.25, 0.3) is 0 Å². The molecule has 0 amide bonds. The van der Waals surface area contributed by atoms with Crippen molar-refractivity contribution in [1.29, 1.82) is 0 Å². The lowest BCUT2D eigenvalue weighted by molar-refractivity contribution is 0.585. The Balaban J connectivity index is 3.29. The van der Waals surface area contributed by atoms with Gasteiger partial charge in [0.1, 0.15) is 0 Å². The molecule has 0 aliphatic carbocycles. The van der Waals surface area contributed by atoms with Crippen LogP contribution in [0.4, 0.5) is 0 Å². The van der Waals surface area contributed by atoms with E-state index in [4.69, 9.17) is 0 Å². The Bertz CT molecular complexity index is 219. The summed E-state index contributed by atoms with van der Waals surface area (Å²) in [7, 11) is 0. The highest BCUT2D eigenvalue weighted by atomic mass is 32.2. The van der Waals surface area contributed by atoms with Crippen LogP contribution in [-0.4, -0.2) is 11.0 Å². The third-order valence-electron chi connectivity index (χ3n) is 2.95. The Morgan fingerprint density at radius 3 is 2.00 bits per heavy atom. The highest BCUT2D eigenvalue weighted by Crippen LogP contribution is 2.19. The van der Waals surface area contributed by atoms with E-state index in [2.05, 4.69) is 38.9 Å². The van der Waals surface area contributed by atoms with Gasteiger partial charge in [-0.15, -0.1) is 17.7 Å². The largest absolute Gasteiger partial charge is 0.146 e. The van der Waals surface area contributed by atoms with Gasteiger partial charge in [-0.1, -0.05) is 57.8 Å². The zero-order chi connectivity index (χ0) is 13.0. The Morgan fingerprint density at radius 1 is 0.941 bits per heavy atom. The normalized spacial score (nSPS) is 11.1. The smallest absolute Gasteiger partial charge is 0.0706 e. The van der Waals surface area contributed by atoms with E-state index >= 15 is 0 Å². The highest BCUT2D eigenvalue weighted by Gasteiger charge is 2.09. The van der Waals surface area contributed by atoms with E-state index in [0.717, 1.165) is 12.8 Å². The van der Waals surface area contributed by atoms with Crippen molar-refractivity contribution in [3.8, 4) is 11.8 Å². The third-order valence-corrected chi connectivity index (χ3v) is 4.07. The van der Waals surface area contributed by atoms with Crippen LogP contribution in [-0.2, 0) is 0 Å². The lowest BCUT2D eigenvalue weighted by atomic mass is 10.1. The molecule has 0 atom stereocenters. The van der Waals surface area contributed by atoms with Crippen LogP contribution in [0.25, 0.3) is 0 Å². The van der Waals surface area contributed by atoms with E-state index in [0.29, 0.717) is 0 Å². The maximum Gasteiger partial charge on any atom is 0.0706 e. The quantitative estimate of drug-likeness (QED) is 0.387. The maximum atomic E-state index is 3.86. The second-order valence-corrected chi connectivity index (χ2v) is 6.52. The Labute approximate surface area is 113 Å². The van der Waals surface area contributed by atoms with Crippen molar-refractivity contribution in [2.24, 2.45) is 0 Å². The molecule has 0 rings (SSSR count). The predicted octanol–water partition coefficient (Wildman–Crippen LogP) is 5.48. The molecule has 0 heterocycles. The van der Waals surface area contributed by atoms with Crippen molar-refractivity contribution in [3.63, 3.8) is 0 Å². The van der Waals surface area contributed by atoms with Crippen molar-refractivity contribution in [1.82, 2.24) is 0 Å². The summed E-state index contributed by atoms with van der Waals surface area (Å²) in [5, 5.41) is 0. The molecule has 0 unspecified atom stereocenters. The fraction of sp³-hybridized carbons (Fsp3) is 0.812. The first kappa shape index (κ1) is 16.9. The van der Waals surface area contributed by atoms with Crippen LogP contribution >= 0.6 is 11.8 Å². The molecule has 99 valence electrons. The fourth-order valence-electron chi connectivity index (χ4n) is 1.60. The van der Waals surface area contributed by atoms with Gasteiger partial charge in [0.05, 0.1) is 4.75 Å². The van der Waals surface area contributed by atoms with E-state index in [1.165, 1.54) is 44.9 Å². The van der Waals surface area contributed by atoms with E-state index in [1.54, 1.807) is 0 Å². The summed E-state index contributed by atoms with van der Waals surface area (Å²) < 4.78 is 0.133. The first-order valence-corrected chi connectivity index (χ1v) is 8.19. The average Bonchev–Trinajstić information content (AvgIpc) is 2.31. The molecule has 1 heteroatoms. The standard InChI is InChI=1S/C16H29S/c1-5-6-7-8-9-10-11-12-13-14-15-16(2,3)17-4/h1,5-13H2,2-4H3. The summed E-state index contributed by atoms with van der Waals surface area (Å²) in [5.74, 6) is 6.64. The minimum atomic E-state index is 0.133. The molecule has 0 aromatic heterocycles. The predicted molar refractivity (Wildman–Crippen MR) is 82.3 cm³/mol. The van der Waals surface area contributed by atoms with E-state index in [1.807, 2.05) is 11.8 Å². The van der Waals surface area contributed by atoms with Gasteiger partial charge in [-0.2, -0.15) is 0 Å². The van der Waals surface area contributed by atoms with Crippen LogP contribution in [0, 0.1) is 18.8 Å². The molecule has 0 aromatic rings. The molecular formula is C16H29S. The molecule has 0 aliphatic rings. The molecular weight excluding hydrogens is 224 g/mol. The zero-order valence-corrected chi connectivity index (χ0v) is 12.8. The summed E-state index contributed by atoms with van der Waals surface area (Å²) in [5.41, 5.74) is 0. The average molecular weight is 253 g/mol. The second-order valence-electron chi connectivity index (χ2n) is 5.09. The van der Waals surface area contributed by atoms with Gasteiger partial charge >= 0.3 is 0 Å². The summed E-state index contributed by atoms with van der Waals surface area (Å²) in [6.45, 7) is 8.24. The number of unbranched alkanes of at least 4 members (excludes halogenated alkanes) is 8. The summed E-state index contributed by atoms with van der Waals surface area (Å²) in [6.07, 6.45) is 13.7. The molecule has 0 bridgehead atoms. The Kier molecular flexibility index (Phi) is 11.0. The molecule has 1 radical (unpaired) electrons. The van der Waals surface area contributed by atoms with Gasteiger partial charge in [0.15, 0.2) is 0 Å². The van der Waals surface area contributed by atoms with Crippen LogP contribution < -0.4 is 0 Å². The van der Waals surface area contributed by atoms with Crippen LogP contribution in [0.5, 0.6) is 0 Å². The Morgan fingerprint density at radius 2 is 1.47 bits per heavy atom. The number of rotatable bonds is 9. The van der Waals surface area contributed by atoms with Crippen LogP contribution in [0.2, 0.25) is 0 Å². The van der Waals surface area contributed by atoms with Crippen molar-refractivity contribution < 1.29 is 0 Å². The van der Waals surface area contributed by atoms with Gasteiger partial charge in [-0.3, -0.25) is 0 Å². The molecule has 0 spiro atoms. The molecule has 0 nitrogen and oxygen atoms in total. The van der Waals surface area contributed by atoms with E-state index in [-0.39, 0.29) is 4.75 Å². The van der Waals surface area contributed by atoms with Crippen LogP contribution in [0.1, 0.15) is 71.6 Å². The monoisotopic (exact) mass is 253 g/mol. The molecule has 0 saturated heterocycles. The van der Waals surface area contributed by atoms with E-state index < -0.39 is 0 Å². The second kappa shape index (κ2) is 11.0. The number of hydrogen-bond donors (Lipinski definition) is 0. The SMILES string of the molecule is [CH2]CCCCCCCCCC#CC(C)(C)SC.